The highest BCUT2D eigenvalue weighted by Gasteiger charge is 2.51. The number of allylic oxidation sites excluding steroid dienone is 2. The van der Waals surface area contributed by atoms with Crippen LogP contribution in [0.5, 0.6) is 0 Å². The maximum absolute atomic E-state index is 14.5. The Labute approximate surface area is 268 Å². The van der Waals surface area contributed by atoms with Crippen LogP contribution in [-0.4, -0.2) is 48.7 Å². The number of aromatic amines is 1. The lowest BCUT2D eigenvalue weighted by Crippen LogP contribution is -2.50. The summed E-state index contributed by atoms with van der Waals surface area (Å²) in [6.07, 6.45) is 4.87. The van der Waals surface area contributed by atoms with Gasteiger partial charge in [0.05, 0.1) is 12.6 Å². The molecule has 1 atom stereocenters. The predicted octanol–water partition coefficient (Wildman–Crippen LogP) is 7.24. The van der Waals surface area contributed by atoms with Crippen LogP contribution in [-0.2, 0) is 11.3 Å². The molecule has 0 bridgehead atoms. The van der Waals surface area contributed by atoms with Gasteiger partial charge in [-0.1, -0.05) is 72.5 Å². The Morgan fingerprint density at radius 3 is 2.30 bits per heavy atom. The maximum Gasteiger partial charge on any atom is 0.275 e. The molecule has 0 saturated heterocycles. The van der Waals surface area contributed by atoms with Gasteiger partial charge in [-0.25, -0.2) is 0 Å². The number of hydrogen-bond donors (Lipinski definition) is 2. The van der Waals surface area contributed by atoms with Crippen LogP contribution in [0.3, 0.4) is 0 Å². The molecule has 1 spiro atoms. The van der Waals surface area contributed by atoms with E-state index in [0.29, 0.717) is 32.7 Å². The zero-order valence-electron chi connectivity index (χ0n) is 25.9. The first-order chi connectivity index (χ1) is 20.8. The Morgan fingerprint density at radius 2 is 1.73 bits per heavy atom. The minimum absolute atomic E-state index is 0.0507. The molecular weight excluding hydrogens is 597 g/mol. The smallest absolute Gasteiger partial charge is 0.275 e. The first-order valence-electron chi connectivity index (χ1n) is 15.0. The van der Waals surface area contributed by atoms with Crippen molar-refractivity contribution in [1.82, 2.24) is 30.8 Å². The van der Waals surface area contributed by atoms with Crippen molar-refractivity contribution in [3.8, 4) is 0 Å². The average Bonchev–Trinajstić information content (AvgIpc) is 3.58. The van der Waals surface area contributed by atoms with Crippen molar-refractivity contribution in [3.05, 3.63) is 86.2 Å². The third-order valence-electron chi connectivity index (χ3n) is 8.52. The number of H-pyrrole nitrogens is 1. The van der Waals surface area contributed by atoms with Crippen molar-refractivity contribution >= 4 is 40.7 Å². The van der Waals surface area contributed by atoms with E-state index in [4.69, 9.17) is 28.2 Å². The third-order valence-corrected chi connectivity index (χ3v) is 8.96. The monoisotopic (exact) mass is 635 g/mol. The number of aromatic nitrogens is 4. The fourth-order valence-corrected chi connectivity index (χ4v) is 6.64. The summed E-state index contributed by atoms with van der Waals surface area (Å²) in [5.74, 6) is 0.0340. The van der Waals surface area contributed by atoms with Gasteiger partial charge < -0.3 is 10.2 Å². The molecule has 5 rings (SSSR count). The lowest BCUT2D eigenvalue weighted by Gasteiger charge is -2.45. The summed E-state index contributed by atoms with van der Waals surface area (Å²) in [4.78, 5) is 34.7. The van der Waals surface area contributed by atoms with E-state index in [1.165, 1.54) is 11.1 Å². The van der Waals surface area contributed by atoms with E-state index in [1.807, 2.05) is 17.0 Å². The predicted molar refractivity (Wildman–Crippen MR) is 173 cm³/mol. The summed E-state index contributed by atoms with van der Waals surface area (Å²) in [6.45, 7) is 11.1. The molecule has 2 aromatic carbocycles. The molecule has 44 heavy (non-hydrogen) atoms. The quantitative estimate of drug-likeness (QED) is 0.253. The number of tetrazole rings is 1. The molecule has 1 aliphatic carbocycles. The molecule has 0 radical (unpaired) electrons. The number of amides is 2. The number of carbonyl (C=O) groups is 2. The van der Waals surface area contributed by atoms with Crippen LogP contribution in [0, 0.1) is 5.41 Å². The van der Waals surface area contributed by atoms with Gasteiger partial charge in [0.15, 0.2) is 5.82 Å². The molecule has 11 heteroatoms. The van der Waals surface area contributed by atoms with Gasteiger partial charge in [0.1, 0.15) is 11.4 Å². The molecule has 0 unspecified atom stereocenters. The summed E-state index contributed by atoms with van der Waals surface area (Å²) in [7, 11) is 0. The minimum Gasteiger partial charge on any atom is -0.345 e. The summed E-state index contributed by atoms with van der Waals surface area (Å²) in [6, 6.07) is 12.5. The molecule has 9 nitrogen and oxygen atoms in total. The molecule has 1 aliphatic heterocycles. The molecule has 1 aromatic heterocycles. The van der Waals surface area contributed by atoms with E-state index in [-0.39, 0.29) is 29.8 Å². The number of benzene rings is 2. The lowest BCUT2D eigenvalue weighted by molar-refractivity contribution is -0.132. The molecule has 1 saturated carbocycles. The Balaban J connectivity index is 1.51. The standard InChI is InChI=1S/C33H39Cl2N7O2/c1-20(2)21-10-14-33(15-11-21)37-29(24-16-25(34)18-26(35)17-24)31(44)42(33)27(12-13-32(3,4)5)22-6-8-23(9-7-22)30(43)36-19-28-38-40-41-39-28/h6-9,16-18,27H,10-15,19H2,1-5H3,(H,36,43)(H,38,39,40,41)/t27-/m1/s1. The van der Waals surface area contributed by atoms with Crippen LogP contribution in [0.25, 0.3) is 0 Å². The van der Waals surface area contributed by atoms with E-state index < -0.39 is 5.66 Å². The SMILES string of the molecule is CC(C)=C1CCC2(CC1)N=C(c1cc(Cl)cc(Cl)c1)C(=O)N2[C@H](CCC(C)(C)C)c1ccc(C(=O)NCc2nn[nH]n2)cc1. The first kappa shape index (κ1) is 31.9. The molecule has 3 aromatic rings. The fraction of sp³-hybridized carbons (Fsp3) is 0.455. The van der Waals surface area contributed by atoms with Gasteiger partial charge in [-0.3, -0.25) is 14.6 Å². The van der Waals surface area contributed by atoms with Crippen LogP contribution < -0.4 is 5.32 Å². The van der Waals surface area contributed by atoms with Gasteiger partial charge in [0.25, 0.3) is 11.8 Å². The summed E-state index contributed by atoms with van der Waals surface area (Å²) in [5.41, 5.74) is 4.62. The van der Waals surface area contributed by atoms with E-state index in [9.17, 15) is 9.59 Å². The molecule has 2 amide bonds. The number of rotatable bonds is 8. The van der Waals surface area contributed by atoms with E-state index >= 15 is 0 Å². The van der Waals surface area contributed by atoms with Gasteiger partial charge in [-0.15, -0.1) is 10.2 Å². The van der Waals surface area contributed by atoms with Gasteiger partial charge in [0.2, 0.25) is 0 Å². The molecule has 2 heterocycles. The number of aliphatic imine (C=N–C) groups is 1. The minimum atomic E-state index is -0.691. The Hall–Kier alpha value is -3.56. The number of halogens is 2. The van der Waals surface area contributed by atoms with E-state index in [2.05, 4.69) is 60.6 Å². The summed E-state index contributed by atoms with van der Waals surface area (Å²) >= 11 is 12.8. The summed E-state index contributed by atoms with van der Waals surface area (Å²) in [5, 5.41) is 17.4. The second-order valence-corrected chi connectivity index (χ2v) is 14.0. The van der Waals surface area contributed by atoms with Crippen molar-refractivity contribution in [3.63, 3.8) is 0 Å². The van der Waals surface area contributed by atoms with E-state index in [0.717, 1.165) is 44.1 Å². The fourth-order valence-electron chi connectivity index (χ4n) is 6.12. The van der Waals surface area contributed by atoms with Crippen LogP contribution >= 0.6 is 23.2 Å². The molecule has 1 fully saturated rings. The van der Waals surface area contributed by atoms with Gasteiger partial charge in [0, 0.05) is 21.2 Å². The molecule has 232 valence electrons. The Bertz CT molecular complexity index is 1560. The number of nitrogens with zero attached hydrogens (tertiary/aromatic N) is 5. The number of carbonyl (C=O) groups excluding carboxylic acids is 2. The van der Waals surface area contributed by atoms with Crippen molar-refractivity contribution in [2.24, 2.45) is 10.4 Å². The largest absolute Gasteiger partial charge is 0.345 e. The normalized spacial score (nSPS) is 19.3. The zero-order valence-corrected chi connectivity index (χ0v) is 27.4. The van der Waals surface area contributed by atoms with Crippen LogP contribution in [0.2, 0.25) is 10.0 Å². The third kappa shape index (κ3) is 7.05. The van der Waals surface area contributed by atoms with Gasteiger partial charge in [-0.2, -0.15) is 5.21 Å². The molecule has 2 aliphatic rings. The van der Waals surface area contributed by atoms with Gasteiger partial charge in [-0.05, 0) is 93.7 Å². The second-order valence-electron chi connectivity index (χ2n) is 13.1. The van der Waals surface area contributed by atoms with E-state index in [1.54, 1.807) is 30.3 Å². The lowest BCUT2D eigenvalue weighted by atomic mass is 9.81. The van der Waals surface area contributed by atoms with Crippen LogP contribution in [0.4, 0.5) is 0 Å². The van der Waals surface area contributed by atoms with Crippen molar-refractivity contribution in [2.45, 2.75) is 91.4 Å². The van der Waals surface area contributed by atoms with Crippen molar-refractivity contribution in [1.29, 1.82) is 0 Å². The maximum atomic E-state index is 14.5. The Kier molecular flexibility index (Phi) is 9.28. The topological polar surface area (TPSA) is 116 Å². The van der Waals surface area contributed by atoms with Crippen LogP contribution in [0.15, 0.2) is 58.6 Å². The van der Waals surface area contributed by atoms with Crippen molar-refractivity contribution in [2.75, 3.05) is 0 Å². The molecular formula is C33H39Cl2N7O2. The summed E-state index contributed by atoms with van der Waals surface area (Å²) < 4.78 is 0. The zero-order chi connectivity index (χ0) is 31.6. The highest BCUT2D eigenvalue weighted by Crippen LogP contribution is 2.48. The molecule has 2 N–H and O–H groups in total. The highest BCUT2D eigenvalue weighted by molar-refractivity contribution is 6.47. The van der Waals surface area contributed by atoms with Crippen molar-refractivity contribution < 1.29 is 9.59 Å². The second kappa shape index (κ2) is 12.8. The van der Waals surface area contributed by atoms with Gasteiger partial charge >= 0.3 is 0 Å². The Morgan fingerprint density at radius 1 is 1.07 bits per heavy atom. The first-order valence-corrected chi connectivity index (χ1v) is 15.8. The highest BCUT2D eigenvalue weighted by atomic mass is 35.5. The number of hydrogen-bond acceptors (Lipinski definition) is 6. The number of nitrogens with one attached hydrogen (secondary N) is 2. The average molecular weight is 637 g/mol. The van der Waals surface area contributed by atoms with Crippen LogP contribution in [0.1, 0.15) is 106 Å².